The van der Waals surface area contributed by atoms with Crippen molar-refractivity contribution in [1.82, 2.24) is 0 Å². The van der Waals surface area contributed by atoms with Crippen molar-refractivity contribution in [1.29, 1.82) is 0 Å². The molecule has 0 bridgehead atoms. The van der Waals surface area contributed by atoms with Gasteiger partial charge in [-0.15, -0.1) is 0 Å². The van der Waals surface area contributed by atoms with Gasteiger partial charge in [0.15, 0.2) is 0 Å². The molecule has 21 heavy (non-hydrogen) atoms. The number of hydrogen-bond donors (Lipinski definition) is 0. The molecule has 0 N–H and O–H groups in total. The normalized spacial score (nSPS) is 30.1. The summed E-state index contributed by atoms with van der Waals surface area (Å²) in [7, 11) is 0. The van der Waals surface area contributed by atoms with Crippen molar-refractivity contribution in [3.8, 4) is 0 Å². The Bertz CT molecular complexity index is 256. The zero-order chi connectivity index (χ0) is 16.0. The second-order valence-electron chi connectivity index (χ2n) is 9.51. The largest absolute Gasteiger partial charge is 0.0625 e. The highest BCUT2D eigenvalue weighted by atomic mass is 14.3. The molecule has 0 aromatic carbocycles. The van der Waals surface area contributed by atoms with E-state index in [0.717, 1.165) is 29.6 Å². The Hall–Kier alpha value is 0. The van der Waals surface area contributed by atoms with Crippen LogP contribution in [0.2, 0.25) is 0 Å². The Labute approximate surface area is 135 Å². The molecule has 0 aliphatic heterocycles. The molecule has 0 radical (unpaired) electrons. The Kier molecular flexibility index (Phi) is 7.79. The van der Waals surface area contributed by atoms with Gasteiger partial charge in [0.25, 0.3) is 0 Å². The van der Waals surface area contributed by atoms with Gasteiger partial charge < -0.3 is 0 Å². The minimum absolute atomic E-state index is 0.644. The lowest BCUT2D eigenvalue weighted by atomic mass is 9.70. The summed E-state index contributed by atoms with van der Waals surface area (Å²) in [6.07, 6.45) is 11.7. The summed E-state index contributed by atoms with van der Waals surface area (Å²) in [5, 5.41) is 0. The zero-order valence-electron chi connectivity index (χ0n) is 16.0. The van der Waals surface area contributed by atoms with Crippen LogP contribution in [0.1, 0.15) is 99.8 Å². The molecule has 0 atom stereocenters. The van der Waals surface area contributed by atoms with Crippen LogP contribution in [0.3, 0.4) is 0 Å². The lowest BCUT2D eigenvalue weighted by molar-refractivity contribution is 0.161. The van der Waals surface area contributed by atoms with Gasteiger partial charge in [0.1, 0.15) is 0 Å². The predicted molar refractivity (Wildman–Crippen MR) is 96.5 cm³/mol. The smallest absolute Gasteiger partial charge is 0.0354 e. The van der Waals surface area contributed by atoms with Gasteiger partial charge in [-0.25, -0.2) is 0 Å². The molecule has 0 heterocycles. The van der Waals surface area contributed by atoms with Crippen molar-refractivity contribution in [3.63, 3.8) is 0 Å². The monoisotopic (exact) mass is 294 g/mol. The van der Waals surface area contributed by atoms with E-state index in [2.05, 4.69) is 48.5 Å². The summed E-state index contributed by atoms with van der Waals surface area (Å²) < 4.78 is 0. The zero-order valence-corrected chi connectivity index (χ0v) is 16.0. The van der Waals surface area contributed by atoms with Gasteiger partial charge >= 0.3 is 0 Å². The summed E-state index contributed by atoms with van der Waals surface area (Å²) >= 11 is 0. The third kappa shape index (κ3) is 7.20. The van der Waals surface area contributed by atoms with E-state index in [-0.39, 0.29) is 0 Å². The Morgan fingerprint density at radius 3 is 1.43 bits per heavy atom. The summed E-state index contributed by atoms with van der Waals surface area (Å²) in [5.74, 6) is 4.90. The molecule has 0 spiro atoms. The van der Waals surface area contributed by atoms with Gasteiger partial charge in [-0.2, -0.15) is 0 Å². The molecule has 2 aliphatic rings. The molecule has 0 heteroatoms. The van der Waals surface area contributed by atoms with E-state index < -0.39 is 0 Å². The van der Waals surface area contributed by atoms with E-state index in [0.29, 0.717) is 5.41 Å². The van der Waals surface area contributed by atoms with Gasteiger partial charge in [-0.3, -0.25) is 0 Å². The highest BCUT2D eigenvalue weighted by molar-refractivity contribution is 4.79. The van der Waals surface area contributed by atoms with E-state index in [1.165, 1.54) is 51.4 Å². The first-order valence-electron chi connectivity index (χ1n) is 9.71. The maximum absolute atomic E-state index is 2.41. The summed E-state index contributed by atoms with van der Waals surface area (Å²) in [6.45, 7) is 16.6. The standard InChI is InChI=1S/C11H22.C10H20/c1-9(2)10-5-7-11(3,4)8-6-10;1-8(2)10-6-4-9(3)5-7-10/h9-10H,5-8H2,1-4H3;8-10H,4-7H2,1-3H3. The van der Waals surface area contributed by atoms with Crippen LogP contribution >= 0.6 is 0 Å². The Morgan fingerprint density at radius 1 is 0.667 bits per heavy atom. The summed E-state index contributed by atoms with van der Waals surface area (Å²) in [5.41, 5.74) is 0.644. The highest BCUT2D eigenvalue weighted by Crippen LogP contribution is 2.40. The molecular formula is C21H42. The van der Waals surface area contributed by atoms with Crippen LogP contribution < -0.4 is 0 Å². The third-order valence-corrected chi connectivity index (χ3v) is 6.33. The van der Waals surface area contributed by atoms with Crippen molar-refractivity contribution in [2.24, 2.45) is 35.0 Å². The SMILES string of the molecule is CC(C)C1CCC(C)(C)CC1.CC1CCC(C(C)C)CC1. The Balaban J connectivity index is 0.000000211. The third-order valence-electron chi connectivity index (χ3n) is 6.33. The second kappa shape index (κ2) is 8.59. The lowest BCUT2D eigenvalue weighted by Crippen LogP contribution is -2.23. The summed E-state index contributed by atoms with van der Waals surface area (Å²) in [6, 6.07) is 0. The quantitative estimate of drug-likeness (QED) is 0.500. The number of hydrogen-bond acceptors (Lipinski definition) is 0. The van der Waals surface area contributed by atoms with Gasteiger partial charge in [0.05, 0.1) is 0 Å². The fourth-order valence-corrected chi connectivity index (χ4v) is 4.04. The van der Waals surface area contributed by atoms with E-state index in [9.17, 15) is 0 Å². The van der Waals surface area contributed by atoms with Crippen LogP contribution in [0.5, 0.6) is 0 Å². The van der Waals surface area contributed by atoms with Gasteiger partial charge in [-0.05, 0) is 73.5 Å². The Morgan fingerprint density at radius 2 is 1.05 bits per heavy atom. The molecule has 0 aromatic rings. The fourth-order valence-electron chi connectivity index (χ4n) is 4.04. The first-order valence-corrected chi connectivity index (χ1v) is 9.71. The molecule has 0 nitrogen and oxygen atoms in total. The van der Waals surface area contributed by atoms with E-state index in [1.54, 1.807) is 0 Å². The van der Waals surface area contributed by atoms with E-state index in [4.69, 9.17) is 0 Å². The minimum atomic E-state index is 0.644. The van der Waals surface area contributed by atoms with Crippen molar-refractivity contribution in [2.75, 3.05) is 0 Å². The fraction of sp³-hybridized carbons (Fsp3) is 1.00. The number of rotatable bonds is 2. The average Bonchev–Trinajstić information content (AvgIpc) is 2.39. The molecule has 2 saturated carbocycles. The van der Waals surface area contributed by atoms with Crippen molar-refractivity contribution < 1.29 is 0 Å². The molecule has 126 valence electrons. The molecule has 2 rings (SSSR count). The van der Waals surface area contributed by atoms with Gasteiger partial charge in [0, 0.05) is 0 Å². The lowest BCUT2D eigenvalue weighted by Gasteiger charge is -2.36. The first kappa shape index (κ1) is 19.0. The van der Waals surface area contributed by atoms with Crippen LogP contribution in [0.25, 0.3) is 0 Å². The second-order valence-corrected chi connectivity index (χ2v) is 9.51. The molecule has 0 unspecified atom stereocenters. The van der Waals surface area contributed by atoms with E-state index in [1.807, 2.05) is 0 Å². The topological polar surface area (TPSA) is 0 Å². The van der Waals surface area contributed by atoms with Crippen LogP contribution in [0.4, 0.5) is 0 Å². The van der Waals surface area contributed by atoms with Crippen LogP contribution in [-0.2, 0) is 0 Å². The molecule has 0 aromatic heterocycles. The molecule has 2 fully saturated rings. The molecule has 0 saturated heterocycles. The molecule has 0 amide bonds. The molecular weight excluding hydrogens is 252 g/mol. The van der Waals surface area contributed by atoms with Crippen LogP contribution in [0.15, 0.2) is 0 Å². The first-order chi connectivity index (χ1) is 9.71. The van der Waals surface area contributed by atoms with E-state index >= 15 is 0 Å². The van der Waals surface area contributed by atoms with Gasteiger partial charge in [-0.1, -0.05) is 61.3 Å². The maximum Gasteiger partial charge on any atom is -0.0354 e. The van der Waals surface area contributed by atoms with Crippen LogP contribution in [-0.4, -0.2) is 0 Å². The highest BCUT2D eigenvalue weighted by Gasteiger charge is 2.27. The summed E-state index contributed by atoms with van der Waals surface area (Å²) in [4.78, 5) is 0. The minimum Gasteiger partial charge on any atom is -0.0625 e. The average molecular weight is 295 g/mol. The van der Waals surface area contributed by atoms with Crippen molar-refractivity contribution in [2.45, 2.75) is 99.8 Å². The predicted octanol–water partition coefficient (Wildman–Crippen LogP) is 7.33. The van der Waals surface area contributed by atoms with Gasteiger partial charge in [0.2, 0.25) is 0 Å². The maximum atomic E-state index is 2.41. The molecule has 2 aliphatic carbocycles. The van der Waals surface area contributed by atoms with Crippen molar-refractivity contribution >= 4 is 0 Å². The van der Waals surface area contributed by atoms with Crippen LogP contribution in [0, 0.1) is 35.0 Å². The van der Waals surface area contributed by atoms with Crippen molar-refractivity contribution in [3.05, 3.63) is 0 Å².